The van der Waals surface area contributed by atoms with Gasteiger partial charge in [-0.1, -0.05) is 12.1 Å². The molecule has 1 aromatic heterocycles. The molecular formula is C20H17BrO6. The number of ketones is 1. The average Bonchev–Trinajstić information content (AvgIpc) is 3.14. The van der Waals surface area contributed by atoms with Gasteiger partial charge in [0.25, 0.3) is 0 Å². The fourth-order valence-corrected chi connectivity index (χ4v) is 3.36. The van der Waals surface area contributed by atoms with Crippen LogP contribution in [0.5, 0.6) is 23.0 Å². The van der Waals surface area contributed by atoms with Gasteiger partial charge in [0.2, 0.25) is 5.75 Å². The predicted molar refractivity (Wildman–Crippen MR) is 105 cm³/mol. The van der Waals surface area contributed by atoms with E-state index in [2.05, 4.69) is 15.9 Å². The Kier molecular flexibility index (Phi) is 5.41. The molecule has 0 bridgehead atoms. The van der Waals surface area contributed by atoms with Crippen molar-refractivity contribution in [2.24, 2.45) is 0 Å². The van der Waals surface area contributed by atoms with Crippen molar-refractivity contribution in [2.75, 3.05) is 21.3 Å². The van der Waals surface area contributed by atoms with Crippen molar-refractivity contribution in [1.82, 2.24) is 0 Å². The molecule has 27 heavy (non-hydrogen) atoms. The van der Waals surface area contributed by atoms with E-state index in [1.54, 1.807) is 25.3 Å². The van der Waals surface area contributed by atoms with Crippen molar-refractivity contribution in [1.29, 1.82) is 0 Å². The maximum Gasteiger partial charge on any atom is 0.205 e. The van der Waals surface area contributed by atoms with Crippen LogP contribution in [0.15, 0.2) is 45.5 Å². The summed E-state index contributed by atoms with van der Waals surface area (Å²) >= 11 is 3.40. The summed E-state index contributed by atoms with van der Waals surface area (Å²) in [6, 6.07) is 7.06. The van der Waals surface area contributed by atoms with Gasteiger partial charge < -0.3 is 23.7 Å². The second-order valence-electron chi connectivity index (χ2n) is 5.55. The molecule has 7 heteroatoms. The van der Waals surface area contributed by atoms with Crippen LogP contribution in [0, 0.1) is 0 Å². The van der Waals surface area contributed by atoms with E-state index >= 15 is 0 Å². The number of halogens is 1. The van der Waals surface area contributed by atoms with Crippen LogP contribution in [-0.4, -0.2) is 32.2 Å². The average molecular weight is 433 g/mol. The van der Waals surface area contributed by atoms with Gasteiger partial charge in [0.05, 0.1) is 37.5 Å². The highest BCUT2D eigenvalue weighted by atomic mass is 79.9. The molecule has 1 heterocycles. The molecule has 3 rings (SSSR count). The minimum absolute atomic E-state index is 0.00655. The fraction of sp³-hybridized carbons (Fsp3) is 0.150. The molecule has 0 atom stereocenters. The molecular weight excluding hydrogens is 416 g/mol. The molecule has 0 fully saturated rings. The van der Waals surface area contributed by atoms with Crippen LogP contribution in [0.2, 0.25) is 0 Å². The number of carbonyl (C=O) groups excluding carboxylic acids is 1. The lowest BCUT2D eigenvalue weighted by Gasteiger charge is -2.13. The van der Waals surface area contributed by atoms with Crippen molar-refractivity contribution in [3.63, 3.8) is 0 Å². The third-order valence-corrected chi connectivity index (χ3v) is 4.67. The second-order valence-corrected chi connectivity index (χ2v) is 6.40. The Bertz CT molecular complexity index is 1030. The first-order valence-electron chi connectivity index (χ1n) is 7.91. The largest absolute Gasteiger partial charge is 0.504 e. The minimum atomic E-state index is -0.433. The zero-order chi connectivity index (χ0) is 19.6. The highest BCUT2D eigenvalue weighted by Gasteiger charge is 2.26. The number of furan rings is 1. The SMILES string of the molecule is COc1ccc(C=CC(=O)c2c(O)c(OC)c3occc3c2OC)cc1Br. The molecule has 0 aliphatic carbocycles. The van der Waals surface area contributed by atoms with Gasteiger partial charge in [-0.3, -0.25) is 4.79 Å². The summed E-state index contributed by atoms with van der Waals surface area (Å²) in [6.45, 7) is 0. The summed E-state index contributed by atoms with van der Waals surface area (Å²) in [5.74, 6) is 0.232. The normalized spacial score (nSPS) is 11.1. The van der Waals surface area contributed by atoms with Crippen LogP contribution < -0.4 is 14.2 Å². The van der Waals surface area contributed by atoms with E-state index in [4.69, 9.17) is 18.6 Å². The number of rotatable bonds is 6. The molecule has 1 N–H and O–H groups in total. The van der Waals surface area contributed by atoms with Crippen LogP contribution in [0.1, 0.15) is 15.9 Å². The second kappa shape index (κ2) is 7.75. The van der Waals surface area contributed by atoms with E-state index in [1.807, 2.05) is 12.1 Å². The Hall–Kier alpha value is -2.93. The van der Waals surface area contributed by atoms with Gasteiger partial charge in [-0.05, 0) is 45.8 Å². The number of aromatic hydroxyl groups is 1. The van der Waals surface area contributed by atoms with E-state index in [1.165, 1.54) is 26.6 Å². The van der Waals surface area contributed by atoms with Crippen LogP contribution in [0.4, 0.5) is 0 Å². The Morgan fingerprint density at radius 2 is 1.85 bits per heavy atom. The van der Waals surface area contributed by atoms with Gasteiger partial charge in [-0.25, -0.2) is 0 Å². The molecule has 3 aromatic rings. The van der Waals surface area contributed by atoms with Crippen molar-refractivity contribution in [2.45, 2.75) is 0 Å². The number of hydrogen-bond donors (Lipinski definition) is 1. The maximum absolute atomic E-state index is 12.8. The molecule has 0 unspecified atom stereocenters. The van der Waals surface area contributed by atoms with Gasteiger partial charge >= 0.3 is 0 Å². The summed E-state index contributed by atoms with van der Waals surface area (Å²) in [4.78, 5) is 12.8. The third-order valence-electron chi connectivity index (χ3n) is 4.05. The number of phenolic OH excluding ortho intramolecular Hbond substituents is 1. The number of benzene rings is 2. The number of phenols is 1. The van der Waals surface area contributed by atoms with Crippen molar-refractivity contribution in [3.05, 3.63) is 52.2 Å². The maximum atomic E-state index is 12.8. The Morgan fingerprint density at radius 3 is 2.48 bits per heavy atom. The van der Waals surface area contributed by atoms with E-state index in [0.29, 0.717) is 16.7 Å². The molecule has 0 amide bonds. The summed E-state index contributed by atoms with van der Waals surface area (Å²) in [5.41, 5.74) is 1.10. The molecule has 6 nitrogen and oxygen atoms in total. The van der Waals surface area contributed by atoms with Crippen molar-refractivity contribution >= 4 is 38.8 Å². The van der Waals surface area contributed by atoms with E-state index < -0.39 is 5.78 Å². The van der Waals surface area contributed by atoms with Crippen molar-refractivity contribution in [3.8, 4) is 23.0 Å². The smallest absolute Gasteiger partial charge is 0.205 e. The van der Waals surface area contributed by atoms with E-state index in [0.717, 1.165) is 10.0 Å². The summed E-state index contributed by atoms with van der Waals surface area (Å²) in [6.07, 6.45) is 4.43. The number of carbonyl (C=O) groups is 1. The van der Waals surface area contributed by atoms with Gasteiger partial charge in [0.1, 0.15) is 17.1 Å². The number of hydrogen-bond acceptors (Lipinski definition) is 6. The lowest BCUT2D eigenvalue weighted by Crippen LogP contribution is -2.02. The van der Waals surface area contributed by atoms with Crippen LogP contribution >= 0.6 is 15.9 Å². The van der Waals surface area contributed by atoms with Gasteiger partial charge in [0.15, 0.2) is 17.1 Å². The zero-order valence-electron chi connectivity index (χ0n) is 14.9. The van der Waals surface area contributed by atoms with Crippen LogP contribution in [0.25, 0.3) is 17.0 Å². The fourth-order valence-electron chi connectivity index (χ4n) is 2.80. The summed E-state index contributed by atoms with van der Waals surface area (Å²) in [7, 11) is 4.39. The highest BCUT2D eigenvalue weighted by molar-refractivity contribution is 9.10. The van der Waals surface area contributed by atoms with E-state index in [-0.39, 0.29) is 22.8 Å². The zero-order valence-corrected chi connectivity index (χ0v) is 16.5. The highest BCUT2D eigenvalue weighted by Crippen LogP contribution is 2.45. The third kappa shape index (κ3) is 3.38. The topological polar surface area (TPSA) is 78.1 Å². The Morgan fingerprint density at radius 1 is 1.11 bits per heavy atom. The van der Waals surface area contributed by atoms with E-state index in [9.17, 15) is 9.90 Å². The first-order valence-corrected chi connectivity index (χ1v) is 8.71. The Labute approximate surface area is 164 Å². The molecule has 0 aliphatic rings. The monoisotopic (exact) mass is 432 g/mol. The molecule has 0 aliphatic heterocycles. The van der Waals surface area contributed by atoms with Gasteiger partial charge in [0, 0.05) is 0 Å². The lowest BCUT2D eigenvalue weighted by atomic mass is 10.0. The summed E-state index contributed by atoms with van der Waals surface area (Å²) in [5, 5.41) is 11.1. The van der Waals surface area contributed by atoms with Crippen LogP contribution in [-0.2, 0) is 0 Å². The molecule has 2 aromatic carbocycles. The summed E-state index contributed by atoms with van der Waals surface area (Å²) < 4.78 is 21.9. The Balaban J connectivity index is 2.05. The number of allylic oxidation sites excluding steroid dienone is 1. The predicted octanol–water partition coefficient (Wildman–Crippen LogP) is 4.82. The van der Waals surface area contributed by atoms with Crippen LogP contribution in [0.3, 0.4) is 0 Å². The first-order chi connectivity index (χ1) is 13.0. The number of methoxy groups -OCH3 is 3. The standard InChI is InChI=1S/C20H17BrO6/c1-24-15-7-5-11(10-13(15)21)4-6-14(22)16-17(23)20(26-3)19-12(8-9-27-19)18(16)25-2/h4-10,23H,1-3H3. The molecule has 140 valence electrons. The lowest BCUT2D eigenvalue weighted by molar-refractivity contribution is 0.104. The number of ether oxygens (including phenoxy) is 3. The van der Waals surface area contributed by atoms with Crippen molar-refractivity contribution < 1.29 is 28.5 Å². The number of fused-ring (bicyclic) bond motifs is 1. The van der Waals surface area contributed by atoms with Gasteiger partial charge in [-0.2, -0.15) is 0 Å². The molecule has 0 spiro atoms. The van der Waals surface area contributed by atoms with Gasteiger partial charge in [-0.15, -0.1) is 0 Å². The minimum Gasteiger partial charge on any atom is -0.504 e. The molecule has 0 saturated heterocycles. The molecule has 0 radical (unpaired) electrons. The molecule has 0 saturated carbocycles. The quantitative estimate of drug-likeness (QED) is 0.444. The first kappa shape index (κ1) is 18.8.